The molecule has 8 nitrogen and oxygen atoms in total. The van der Waals surface area contributed by atoms with E-state index >= 15 is 0 Å². The Labute approximate surface area is 139 Å². The summed E-state index contributed by atoms with van der Waals surface area (Å²) in [6.07, 6.45) is 0. The molecule has 0 aliphatic heterocycles. The Morgan fingerprint density at radius 1 is 0.652 bits per heavy atom. The van der Waals surface area contributed by atoms with Crippen LogP contribution < -0.4 is 5.73 Å². The number of methoxy groups -OCH3 is 1. The van der Waals surface area contributed by atoms with E-state index in [1.54, 1.807) is 7.11 Å². The molecule has 0 unspecified atom stereocenters. The maximum Gasteiger partial charge on any atom is 0.243 e. The lowest BCUT2D eigenvalue weighted by Gasteiger charge is -2.07. The maximum atomic E-state index is 10.4. The molecule has 0 aliphatic rings. The van der Waals surface area contributed by atoms with E-state index in [9.17, 15) is 4.79 Å². The Hall–Kier alpha value is -0.770. The van der Waals surface area contributed by atoms with Gasteiger partial charge in [-0.1, -0.05) is 13.8 Å². The van der Waals surface area contributed by atoms with Gasteiger partial charge in [0.15, 0.2) is 0 Å². The normalized spacial score (nSPS) is 10.2. The molecule has 23 heavy (non-hydrogen) atoms. The molecule has 0 heterocycles. The van der Waals surface area contributed by atoms with E-state index in [1.165, 1.54) is 0 Å². The van der Waals surface area contributed by atoms with Crippen molar-refractivity contribution in [3.05, 3.63) is 0 Å². The van der Waals surface area contributed by atoms with Crippen LogP contribution in [0.1, 0.15) is 13.8 Å². The van der Waals surface area contributed by atoms with Gasteiger partial charge in [-0.3, -0.25) is 4.79 Å². The lowest BCUT2D eigenvalue weighted by atomic mass is 10.6. The Balaban J connectivity index is 0. The lowest BCUT2D eigenvalue weighted by Crippen LogP contribution is -2.20. The Bertz CT molecular complexity index is 230. The number of nitrogens with two attached hydrogens (primary N) is 1. The van der Waals surface area contributed by atoms with Gasteiger partial charge in [0.25, 0.3) is 0 Å². The summed E-state index contributed by atoms with van der Waals surface area (Å²) in [7, 11) is 1.63. The van der Waals surface area contributed by atoms with Crippen molar-refractivity contribution in [3.8, 4) is 0 Å². The van der Waals surface area contributed by atoms with E-state index < -0.39 is 5.91 Å². The molecule has 0 fully saturated rings. The fraction of sp³-hybridized carbons (Fsp3) is 0.933. The zero-order valence-electron chi connectivity index (χ0n) is 14.7. The topological polar surface area (TPSA) is 98.5 Å². The Morgan fingerprint density at radius 3 is 1.26 bits per heavy atom. The number of ether oxygens (including phenoxy) is 6. The quantitative estimate of drug-likeness (QED) is 0.379. The number of primary amides is 1. The third-order valence-corrected chi connectivity index (χ3v) is 2.16. The molecule has 2 N–H and O–H groups in total. The number of hydrogen-bond donors (Lipinski definition) is 1. The molecule has 0 bridgehead atoms. The summed E-state index contributed by atoms with van der Waals surface area (Å²) in [6, 6.07) is 0. The predicted octanol–water partition coefficient (Wildman–Crippen LogP) is 0.227. The molecule has 0 saturated heterocycles. The molecule has 0 aromatic rings. The molecule has 0 aromatic carbocycles. The molecule has 140 valence electrons. The monoisotopic (exact) mass is 339 g/mol. The number of rotatable bonds is 17. The second kappa shape index (κ2) is 23.5. The van der Waals surface area contributed by atoms with Crippen molar-refractivity contribution < 1.29 is 33.2 Å². The second-order valence-electron chi connectivity index (χ2n) is 3.96. The van der Waals surface area contributed by atoms with Gasteiger partial charge in [0, 0.05) is 7.11 Å². The highest BCUT2D eigenvalue weighted by molar-refractivity contribution is 5.74. The molecule has 0 atom stereocenters. The fourth-order valence-electron chi connectivity index (χ4n) is 1.19. The van der Waals surface area contributed by atoms with Gasteiger partial charge in [-0.25, -0.2) is 0 Å². The van der Waals surface area contributed by atoms with Gasteiger partial charge >= 0.3 is 0 Å². The van der Waals surface area contributed by atoms with Gasteiger partial charge in [0.1, 0.15) is 6.61 Å². The first-order chi connectivity index (χ1) is 11.3. The van der Waals surface area contributed by atoms with Crippen LogP contribution in [0, 0.1) is 0 Å². The van der Waals surface area contributed by atoms with Gasteiger partial charge in [0.05, 0.1) is 66.1 Å². The van der Waals surface area contributed by atoms with Crippen molar-refractivity contribution in [2.45, 2.75) is 13.8 Å². The largest absolute Gasteiger partial charge is 0.382 e. The van der Waals surface area contributed by atoms with Crippen LogP contribution in [0.5, 0.6) is 0 Å². The molecule has 0 saturated carbocycles. The number of amides is 1. The summed E-state index contributed by atoms with van der Waals surface area (Å²) in [5, 5.41) is 0. The third-order valence-electron chi connectivity index (χ3n) is 2.16. The summed E-state index contributed by atoms with van der Waals surface area (Å²) in [4.78, 5) is 10.4. The van der Waals surface area contributed by atoms with Crippen LogP contribution in [0.4, 0.5) is 0 Å². The summed E-state index contributed by atoms with van der Waals surface area (Å²) < 4.78 is 30.8. The second-order valence-corrected chi connectivity index (χ2v) is 3.96. The molecule has 0 spiro atoms. The average molecular weight is 339 g/mol. The van der Waals surface area contributed by atoms with Crippen molar-refractivity contribution >= 4 is 5.91 Å². The van der Waals surface area contributed by atoms with Gasteiger partial charge < -0.3 is 34.2 Å². The van der Waals surface area contributed by atoms with Crippen LogP contribution in [0.2, 0.25) is 0 Å². The van der Waals surface area contributed by atoms with E-state index in [2.05, 4.69) is 0 Å². The predicted molar refractivity (Wildman–Crippen MR) is 86.5 cm³/mol. The third kappa shape index (κ3) is 26.4. The van der Waals surface area contributed by atoms with Gasteiger partial charge in [-0.15, -0.1) is 0 Å². The van der Waals surface area contributed by atoms with Gasteiger partial charge in [-0.05, 0) is 0 Å². The van der Waals surface area contributed by atoms with E-state index in [-0.39, 0.29) is 6.61 Å². The van der Waals surface area contributed by atoms with Gasteiger partial charge in [-0.2, -0.15) is 0 Å². The Morgan fingerprint density at radius 2 is 0.957 bits per heavy atom. The molecule has 1 amide bonds. The summed E-state index contributed by atoms with van der Waals surface area (Å²) in [5.74, 6) is -0.484. The molecule has 8 heteroatoms. The van der Waals surface area contributed by atoms with Crippen LogP contribution in [0.15, 0.2) is 0 Å². The summed E-state index contributed by atoms with van der Waals surface area (Å²) in [5.41, 5.74) is 4.90. The zero-order valence-corrected chi connectivity index (χ0v) is 14.7. The minimum atomic E-state index is -0.484. The first-order valence-corrected chi connectivity index (χ1v) is 7.93. The van der Waals surface area contributed by atoms with Crippen LogP contribution in [0.25, 0.3) is 0 Å². The standard InChI is InChI=1S/C13H27NO7.C2H6/c1-16-2-3-17-4-5-18-6-7-19-8-9-20-10-11-21-12-13(14)15;1-2/h2-12H2,1H3,(H2,14,15);1-2H3. The van der Waals surface area contributed by atoms with Crippen molar-refractivity contribution in [1.29, 1.82) is 0 Å². The molecule has 0 aliphatic carbocycles. The molecular formula is C15H33NO7. The Kier molecular flexibility index (Phi) is 25.0. The zero-order chi connectivity index (χ0) is 17.6. The van der Waals surface area contributed by atoms with Crippen LogP contribution >= 0.6 is 0 Å². The minimum absolute atomic E-state index is 0.0770. The fourth-order valence-corrected chi connectivity index (χ4v) is 1.19. The SMILES string of the molecule is CC.COCCOCCOCCOCCOCCOCC(N)=O. The van der Waals surface area contributed by atoms with Crippen molar-refractivity contribution in [2.24, 2.45) is 5.73 Å². The molecular weight excluding hydrogens is 306 g/mol. The van der Waals surface area contributed by atoms with E-state index in [4.69, 9.17) is 34.2 Å². The highest BCUT2D eigenvalue weighted by Gasteiger charge is 1.95. The highest BCUT2D eigenvalue weighted by atomic mass is 16.6. The first-order valence-electron chi connectivity index (χ1n) is 7.93. The first kappa shape index (κ1) is 24.5. The average Bonchev–Trinajstić information content (AvgIpc) is 2.56. The van der Waals surface area contributed by atoms with Crippen molar-refractivity contribution in [1.82, 2.24) is 0 Å². The number of carbonyl (C=O) groups excluding carboxylic acids is 1. The minimum Gasteiger partial charge on any atom is -0.382 e. The van der Waals surface area contributed by atoms with Gasteiger partial charge in [0.2, 0.25) is 5.91 Å². The highest BCUT2D eigenvalue weighted by Crippen LogP contribution is 1.83. The summed E-state index contributed by atoms with van der Waals surface area (Å²) in [6.45, 7) is 8.94. The van der Waals surface area contributed by atoms with Crippen molar-refractivity contribution in [2.75, 3.05) is 79.8 Å². The molecule has 0 rings (SSSR count). The van der Waals surface area contributed by atoms with Crippen LogP contribution in [0.3, 0.4) is 0 Å². The molecule has 0 radical (unpaired) electrons. The van der Waals surface area contributed by atoms with E-state index in [1.807, 2.05) is 13.8 Å². The lowest BCUT2D eigenvalue weighted by molar-refractivity contribution is -0.123. The number of hydrogen-bond acceptors (Lipinski definition) is 7. The van der Waals surface area contributed by atoms with Crippen LogP contribution in [-0.2, 0) is 33.2 Å². The summed E-state index contributed by atoms with van der Waals surface area (Å²) >= 11 is 0. The van der Waals surface area contributed by atoms with E-state index in [0.29, 0.717) is 66.1 Å². The van der Waals surface area contributed by atoms with Crippen molar-refractivity contribution in [3.63, 3.8) is 0 Å². The maximum absolute atomic E-state index is 10.4. The number of carbonyl (C=O) groups is 1. The molecule has 0 aromatic heterocycles. The van der Waals surface area contributed by atoms with Crippen LogP contribution in [-0.4, -0.2) is 85.7 Å². The van der Waals surface area contributed by atoms with E-state index in [0.717, 1.165) is 0 Å². The smallest absolute Gasteiger partial charge is 0.243 e.